The molecule has 3 aromatic rings. The molecule has 0 bridgehead atoms. The van der Waals surface area contributed by atoms with Gasteiger partial charge in [0.2, 0.25) is 11.8 Å². The number of nitrogens with zero attached hydrogens (tertiary/aromatic N) is 2. The minimum absolute atomic E-state index is 0.113. The first-order chi connectivity index (χ1) is 13.9. The summed E-state index contributed by atoms with van der Waals surface area (Å²) in [6, 6.07) is 11.8. The maximum absolute atomic E-state index is 14.1. The summed E-state index contributed by atoms with van der Waals surface area (Å²) < 4.78 is 27.0. The molecule has 5 nitrogen and oxygen atoms in total. The third kappa shape index (κ3) is 5.32. The average molecular weight is 413 g/mol. The molecule has 0 atom stereocenters. The zero-order valence-corrected chi connectivity index (χ0v) is 16.2. The molecule has 0 saturated heterocycles. The minimum atomic E-state index is -0.532. The van der Waals surface area contributed by atoms with E-state index in [1.165, 1.54) is 54.3 Å². The number of nitrogens with one attached hydrogen (secondary N) is 1. The van der Waals surface area contributed by atoms with Crippen LogP contribution in [0.4, 0.5) is 19.6 Å². The number of halogens is 2. The van der Waals surface area contributed by atoms with E-state index >= 15 is 0 Å². The molecule has 1 aromatic heterocycles. The number of amides is 2. The second kappa shape index (κ2) is 9.20. The molecule has 0 fully saturated rings. The number of para-hydroxylation sites is 1. The van der Waals surface area contributed by atoms with E-state index in [1.54, 1.807) is 23.6 Å². The lowest BCUT2D eigenvalue weighted by Gasteiger charge is -2.18. The van der Waals surface area contributed by atoms with Gasteiger partial charge in [-0.2, -0.15) is 0 Å². The number of benzene rings is 2. The molecule has 0 saturated carbocycles. The standard InChI is InChI=1S/C21H17F2N3O2S/c1-14(27)26(19-5-3-2-4-18(19)23)21-25-17(13-29-21)10-11-20(28)24-12-15-6-8-16(22)9-7-15/h2-11,13H,12H2,1H3,(H,24,28)/b11-10+. The molecule has 0 radical (unpaired) electrons. The predicted molar refractivity (Wildman–Crippen MR) is 109 cm³/mol. The van der Waals surface area contributed by atoms with Gasteiger partial charge in [-0.25, -0.2) is 13.8 Å². The highest BCUT2D eigenvalue weighted by Gasteiger charge is 2.20. The Balaban J connectivity index is 1.67. The summed E-state index contributed by atoms with van der Waals surface area (Å²) in [5.41, 5.74) is 1.34. The first-order valence-electron chi connectivity index (χ1n) is 8.65. The number of carbonyl (C=O) groups is 2. The van der Waals surface area contributed by atoms with E-state index in [1.807, 2.05) is 0 Å². The number of aromatic nitrogens is 1. The van der Waals surface area contributed by atoms with Crippen LogP contribution in [0.3, 0.4) is 0 Å². The highest BCUT2D eigenvalue weighted by molar-refractivity contribution is 7.14. The predicted octanol–water partition coefficient (Wildman–Crippen LogP) is 4.44. The van der Waals surface area contributed by atoms with Crippen molar-refractivity contribution >= 4 is 40.0 Å². The monoisotopic (exact) mass is 413 g/mol. The Hall–Kier alpha value is -3.39. The van der Waals surface area contributed by atoms with Gasteiger partial charge in [0.1, 0.15) is 11.6 Å². The summed E-state index contributed by atoms with van der Waals surface area (Å²) in [6.07, 6.45) is 2.81. The molecule has 2 amide bonds. The van der Waals surface area contributed by atoms with E-state index in [4.69, 9.17) is 0 Å². The Labute approximate surface area is 170 Å². The van der Waals surface area contributed by atoms with Crippen LogP contribution in [0.2, 0.25) is 0 Å². The summed E-state index contributed by atoms with van der Waals surface area (Å²) in [5, 5.41) is 4.65. The molecule has 0 aliphatic carbocycles. The van der Waals surface area contributed by atoms with Gasteiger partial charge < -0.3 is 5.32 Å². The third-order valence-corrected chi connectivity index (χ3v) is 4.74. The van der Waals surface area contributed by atoms with Crippen molar-refractivity contribution in [3.63, 3.8) is 0 Å². The quantitative estimate of drug-likeness (QED) is 0.608. The molecular formula is C21H17F2N3O2S. The molecule has 0 unspecified atom stereocenters. The number of carbonyl (C=O) groups excluding carboxylic acids is 2. The van der Waals surface area contributed by atoms with Gasteiger partial charge >= 0.3 is 0 Å². The fraction of sp³-hybridized carbons (Fsp3) is 0.0952. The Morgan fingerprint density at radius 1 is 1.14 bits per heavy atom. The number of rotatable bonds is 6. The summed E-state index contributed by atoms with van der Waals surface area (Å²) in [6.45, 7) is 1.59. The van der Waals surface area contributed by atoms with E-state index in [0.717, 1.165) is 16.9 Å². The van der Waals surface area contributed by atoms with Crippen LogP contribution in [0.25, 0.3) is 6.08 Å². The van der Waals surface area contributed by atoms with Gasteiger partial charge in [-0.3, -0.25) is 14.5 Å². The number of anilines is 2. The van der Waals surface area contributed by atoms with Crippen molar-refractivity contribution in [3.8, 4) is 0 Å². The SMILES string of the molecule is CC(=O)N(c1nc(/C=C/C(=O)NCc2ccc(F)cc2)cs1)c1ccccc1F. The van der Waals surface area contributed by atoms with E-state index < -0.39 is 5.82 Å². The van der Waals surface area contributed by atoms with Gasteiger partial charge in [-0.05, 0) is 35.9 Å². The number of thiazole rings is 1. The first-order valence-corrected chi connectivity index (χ1v) is 9.53. The van der Waals surface area contributed by atoms with Crippen LogP contribution in [-0.2, 0) is 16.1 Å². The average Bonchev–Trinajstić information content (AvgIpc) is 3.16. The van der Waals surface area contributed by atoms with Crippen LogP contribution in [0, 0.1) is 11.6 Å². The molecule has 8 heteroatoms. The van der Waals surface area contributed by atoms with Crippen molar-refractivity contribution in [2.24, 2.45) is 0 Å². The van der Waals surface area contributed by atoms with E-state index in [-0.39, 0.29) is 29.9 Å². The lowest BCUT2D eigenvalue weighted by atomic mass is 10.2. The van der Waals surface area contributed by atoms with Crippen LogP contribution in [0.1, 0.15) is 18.2 Å². The molecule has 1 heterocycles. The maximum Gasteiger partial charge on any atom is 0.244 e. The molecular weight excluding hydrogens is 396 g/mol. The summed E-state index contributed by atoms with van der Waals surface area (Å²) in [5.74, 6) is -1.59. The minimum Gasteiger partial charge on any atom is -0.348 e. The van der Waals surface area contributed by atoms with Crippen molar-refractivity contribution in [1.29, 1.82) is 0 Å². The van der Waals surface area contributed by atoms with Crippen LogP contribution in [0.15, 0.2) is 60.0 Å². The smallest absolute Gasteiger partial charge is 0.244 e. The van der Waals surface area contributed by atoms with Crippen molar-refractivity contribution in [2.75, 3.05) is 4.90 Å². The molecule has 3 rings (SSSR count). The molecule has 148 valence electrons. The fourth-order valence-corrected chi connectivity index (χ4v) is 3.36. The summed E-state index contributed by atoms with van der Waals surface area (Å²) in [7, 11) is 0. The number of hydrogen-bond acceptors (Lipinski definition) is 4. The van der Waals surface area contributed by atoms with Crippen molar-refractivity contribution < 1.29 is 18.4 Å². The molecule has 0 spiro atoms. The van der Waals surface area contributed by atoms with Crippen molar-refractivity contribution in [1.82, 2.24) is 10.3 Å². The fourth-order valence-electron chi connectivity index (χ4n) is 2.51. The van der Waals surface area contributed by atoms with Gasteiger partial charge in [-0.1, -0.05) is 24.3 Å². The van der Waals surface area contributed by atoms with Crippen LogP contribution in [0.5, 0.6) is 0 Å². The Morgan fingerprint density at radius 2 is 1.86 bits per heavy atom. The molecule has 29 heavy (non-hydrogen) atoms. The zero-order valence-electron chi connectivity index (χ0n) is 15.4. The summed E-state index contributed by atoms with van der Waals surface area (Å²) >= 11 is 1.16. The Morgan fingerprint density at radius 3 is 2.55 bits per heavy atom. The highest BCUT2D eigenvalue weighted by atomic mass is 32.1. The van der Waals surface area contributed by atoms with Crippen LogP contribution in [-0.4, -0.2) is 16.8 Å². The molecule has 1 N–H and O–H groups in total. The normalized spacial score (nSPS) is 10.9. The number of hydrogen-bond donors (Lipinski definition) is 1. The lowest BCUT2D eigenvalue weighted by molar-refractivity contribution is -0.117. The van der Waals surface area contributed by atoms with Crippen molar-refractivity contribution in [2.45, 2.75) is 13.5 Å². The van der Waals surface area contributed by atoms with Crippen LogP contribution >= 0.6 is 11.3 Å². The Kier molecular flexibility index (Phi) is 6.46. The zero-order chi connectivity index (χ0) is 20.8. The second-order valence-electron chi connectivity index (χ2n) is 6.04. The van der Waals surface area contributed by atoms with Gasteiger partial charge in [0, 0.05) is 24.9 Å². The highest BCUT2D eigenvalue weighted by Crippen LogP contribution is 2.30. The largest absolute Gasteiger partial charge is 0.348 e. The van der Waals surface area contributed by atoms with Crippen molar-refractivity contribution in [3.05, 3.63) is 82.9 Å². The molecule has 0 aliphatic rings. The van der Waals surface area contributed by atoms with Gasteiger partial charge in [0.05, 0.1) is 11.4 Å². The summed E-state index contributed by atoms with van der Waals surface area (Å²) in [4.78, 5) is 29.5. The topological polar surface area (TPSA) is 62.3 Å². The van der Waals surface area contributed by atoms with Gasteiger partial charge in [0.15, 0.2) is 5.13 Å². The maximum atomic E-state index is 14.1. The second-order valence-corrected chi connectivity index (χ2v) is 6.87. The third-order valence-electron chi connectivity index (χ3n) is 3.89. The molecule has 0 aliphatic heterocycles. The van der Waals surface area contributed by atoms with E-state index in [0.29, 0.717) is 10.8 Å². The molecule has 2 aromatic carbocycles. The van der Waals surface area contributed by atoms with Crippen LogP contribution < -0.4 is 10.2 Å². The Bertz CT molecular complexity index is 1050. The lowest BCUT2D eigenvalue weighted by Crippen LogP contribution is -2.23. The van der Waals surface area contributed by atoms with E-state index in [2.05, 4.69) is 10.3 Å². The van der Waals surface area contributed by atoms with Gasteiger partial charge in [0.25, 0.3) is 0 Å². The first kappa shape index (κ1) is 20.3. The van der Waals surface area contributed by atoms with E-state index in [9.17, 15) is 18.4 Å². The van der Waals surface area contributed by atoms with Gasteiger partial charge in [-0.15, -0.1) is 11.3 Å².